The number of aromatic nitrogens is 1. The zero-order valence-corrected chi connectivity index (χ0v) is 10.7. The van der Waals surface area contributed by atoms with Gasteiger partial charge in [-0.1, -0.05) is 13.3 Å². The maximum atomic E-state index is 5.72. The molecular formula is C13H22N2O. The van der Waals surface area contributed by atoms with Crippen molar-refractivity contribution in [2.45, 2.75) is 32.8 Å². The van der Waals surface area contributed by atoms with E-state index in [9.17, 15) is 0 Å². The maximum Gasteiger partial charge on any atom is 0.0967 e. The topological polar surface area (TPSA) is 25.4 Å². The second kappa shape index (κ2) is 6.48. The van der Waals surface area contributed by atoms with Gasteiger partial charge in [-0.15, -0.1) is 0 Å². The Morgan fingerprint density at radius 3 is 2.81 bits per heavy atom. The predicted molar refractivity (Wildman–Crippen MR) is 67.8 cm³/mol. The summed E-state index contributed by atoms with van der Waals surface area (Å²) in [5, 5.41) is 0. The van der Waals surface area contributed by atoms with Crippen molar-refractivity contribution < 1.29 is 4.74 Å². The summed E-state index contributed by atoms with van der Waals surface area (Å²) in [5.74, 6) is 0. The van der Waals surface area contributed by atoms with E-state index in [1.54, 1.807) is 0 Å². The Labute approximate surface area is 98.4 Å². The van der Waals surface area contributed by atoms with Gasteiger partial charge < -0.3 is 9.64 Å². The van der Waals surface area contributed by atoms with Gasteiger partial charge in [0.25, 0.3) is 0 Å². The van der Waals surface area contributed by atoms with Crippen molar-refractivity contribution in [2.24, 2.45) is 0 Å². The molecule has 1 heterocycles. The summed E-state index contributed by atoms with van der Waals surface area (Å²) in [6.45, 7) is 5.03. The fraction of sp³-hybridized carbons (Fsp3) is 0.615. The number of hydrogen-bond donors (Lipinski definition) is 0. The average Bonchev–Trinajstić information content (AvgIpc) is 2.29. The van der Waals surface area contributed by atoms with E-state index in [1.165, 1.54) is 0 Å². The molecule has 0 saturated heterocycles. The lowest BCUT2D eigenvalue weighted by Gasteiger charge is -2.16. The molecule has 1 aromatic rings. The lowest BCUT2D eigenvalue weighted by Crippen LogP contribution is -2.10. The van der Waals surface area contributed by atoms with Crippen LogP contribution in [0.4, 0.5) is 5.69 Å². The van der Waals surface area contributed by atoms with E-state index in [-0.39, 0.29) is 6.10 Å². The maximum absolute atomic E-state index is 5.72. The largest absolute Gasteiger partial charge is 0.378 e. The highest BCUT2D eigenvalue weighted by atomic mass is 16.5. The molecule has 90 valence electrons. The van der Waals surface area contributed by atoms with Crippen LogP contribution in [0.25, 0.3) is 0 Å². The third-order valence-electron chi connectivity index (χ3n) is 2.56. The predicted octanol–water partition coefficient (Wildman–Crippen LogP) is 3.03. The van der Waals surface area contributed by atoms with Gasteiger partial charge in [0, 0.05) is 32.6 Å². The van der Waals surface area contributed by atoms with E-state index < -0.39 is 0 Å². The molecule has 0 N–H and O–H groups in total. The molecule has 16 heavy (non-hydrogen) atoms. The number of rotatable bonds is 6. The summed E-state index contributed by atoms with van der Waals surface area (Å²) in [7, 11) is 4.06. The van der Waals surface area contributed by atoms with E-state index >= 15 is 0 Å². The molecule has 3 nitrogen and oxygen atoms in total. The summed E-state index contributed by atoms with van der Waals surface area (Å²) in [6.07, 6.45) is 4.19. The van der Waals surface area contributed by atoms with Gasteiger partial charge in [0.2, 0.25) is 0 Å². The van der Waals surface area contributed by atoms with E-state index in [0.717, 1.165) is 30.8 Å². The Morgan fingerprint density at radius 2 is 2.19 bits per heavy atom. The molecule has 0 aliphatic rings. The minimum absolute atomic E-state index is 0.0754. The number of hydrogen-bond acceptors (Lipinski definition) is 3. The molecule has 1 rings (SSSR count). The Kier molecular flexibility index (Phi) is 5.26. The zero-order valence-electron chi connectivity index (χ0n) is 10.7. The average molecular weight is 222 g/mol. The molecule has 0 fully saturated rings. The van der Waals surface area contributed by atoms with Crippen molar-refractivity contribution in [3.8, 4) is 0 Å². The lowest BCUT2D eigenvalue weighted by molar-refractivity contribution is 0.0609. The van der Waals surface area contributed by atoms with Gasteiger partial charge >= 0.3 is 0 Å². The van der Waals surface area contributed by atoms with Crippen molar-refractivity contribution in [2.75, 3.05) is 25.6 Å². The lowest BCUT2D eigenvalue weighted by atomic mass is 10.2. The highest BCUT2D eigenvalue weighted by Crippen LogP contribution is 2.19. The van der Waals surface area contributed by atoms with Crippen LogP contribution in [-0.4, -0.2) is 25.7 Å². The minimum atomic E-state index is 0.0754. The quantitative estimate of drug-likeness (QED) is 0.692. The van der Waals surface area contributed by atoms with Crippen molar-refractivity contribution in [3.05, 3.63) is 24.0 Å². The number of ether oxygens (including phenoxy) is 1. The summed E-state index contributed by atoms with van der Waals surface area (Å²) in [5.41, 5.74) is 2.17. The highest BCUT2D eigenvalue weighted by molar-refractivity contribution is 5.45. The summed E-state index contributed by atoms with van der Waals surface area (Å²) in [6, 6.07) is 4.08. The normalized spacial score (nSPS) is 12.5. The Morgan fingerprint density at radius 1 is 1.44 bits per heavy atom. The molecule has 0 aliphatic heterocycles. The Hall–Kier alpha value is -1.09. The van der Waals surface area contributed by atoms with Crippen molar-refractivity contribution in [1.82, 2.24) is 4.98 Å². The Balaban J connectivity index is 2.60. The van der Waals surface area contributed by atoms with E-state index in [1.807, 2.05) is 26.4 Å². The molecule has 0 amide bonds. The fourth-order valence-electron chi connectivity index (χ4n) is 1.43. The monoisotopic (exact) mass is 222 g/mol. The van der Waals surface area contributed by atoms with Crippen LogP contribution in [0.2, 0.25) is 0 Å². The van der Waals surface area contributed by atoms with Crippen molar-refractivity contribution in [3.63, 3.8) is 0 Å². The molecule has 0 bridgehead atoms. The third kappa shape index (κ3) is 3.81. The first kappa shape index (κ1) is 13.0. The first-order valence-corrected chi connectivity index (χ1v) is 5.90. The first-order valence-electron chi connectivity index (χ1n) is 5.90. The fourth-order valence-corrected chi connectivity index (χ4v) is 1.43. The van der Waals surface area contributed by atoms with Crippen LogP contribution in [0.5, 0.6) is 0 Å². The molecule has 0 unspecified atom stereocenters. The first-order chi connectivity index (χ1) is 7.65. The van der Waals surface area contributed by atoms with Gasteiger partial charge in [0.05, 0.1) is 11.8 Å². The molecule has 0 saturated carbocycles. The molecule has 1 aromatic heterocycles. The molecule has 0 radical (unpaired) electrons. The molecule has 0 aromatic carbocycles. The molecule has 3 heteroatoms. The van der Waals surface area contributed by atoms with Crippen molar-refractivity contribution >= 4 is 5.69 Å². The van der Waals surface area contributed by atoms with Crippen LogP contribution in [0.3, 0.4) is 0 Å². The van der Waals surface area contributed by atoms with Crippen LogP contribution in [0.15, 0.2) is 18.3 Å². The molecule has 0 aliphatic carbocycles. The highest BCUT2D eigenvalue weighted by Gasteiger charge is 2.08. The standard InChI is InChI=1S/C13H22N2O/c1-5-6-9-16-11(2)13-10-12(15(3)4)7-8-14-13/h7-8,10-11H,5-6,9H2,1-4H3/t11-/m0/s1. The van der Waals surface area contributed by atoms with Crippen LogP contribution >= 0.6 is 0 Å². The summed E-state index contributed by atoms with van der Waals surface area (Å²) < 4.78 is 5.72. The molecule has 0 spiro atoms. The van der Waals surface area contributed by atoms with Crippen molar-refractivity contribution in [1.29, 1.82) is 0 Å². The van der Waals surface area contributed by atoms with Gasteiger partial charge in [0.15, 0.2) is 0 Å². The van der Waals surface area contributed by atoms with E-state index in [4.69, 9.17) is 4.74 Å². The van der Waals surface area contributed by atoms with E-state index in [2.05, 4.69) is 29.8 Å². The molecular weight excluding hydrogens is 200 g/mol. The van der Waals surface area contributed by atoms with Gasteiger partial charge in [-0.2, -0.15) is 0 Å². The second-order valence-electron chi connectivity index (χ2n) is 4.20. The van der Waals surface area contributed by atoms with Crippen LogP contribution in [0.1, 0.15) is 38.5 Å². The number of nitrogens with zero attached hydrogens (tertiary/aromatic N) is 2. The number of pyridine rings is 1. The van der Waals surface area contributed by atoms with E-state index in [0.29, 0.717) is 0 Å². The Bertz CT molecular complexity index is 313. The zero-order chi connectivity index (χ0) is 12.0. The van der Waals surface area contributed by atoms with Crippen LogP contribution in [-0.2, 0) is 4.74 Å². The molecule has 1 atom stereocenters. The smallest absolute Gasteiger partial charge is 0.0967 e. The van der Waals surface area contributed by atoms with Gasteiger partial charge in [0.1, 0.15) is 0 Å². The van der Waals surface area contributed by atoms with Gasteiger partial charge in [-0.05, 0) is 25.5 Å². The SMILES string of the molecule is CCCCO[C@@H](C)c1cc(N(C)C)ccn1. The van der Waals surface area contributed by atoms with Crippen LogP contribution < -0.4 is 4.90 Å². The number of anilines is 1. The summed E-state index contributed by atoms with van der Waals surface area (Å²) in [4.78, 5) is 6.42. The van der Waals surface area contributed by atoms with Gasteiger partial charge in [-0.3, -0.25) is 4.98 Å². The summed E-state index contributed by atoms with van der Waals surface area (Å²) >= 11 is 0. The van der Waals surface area contributed by atoms with Crippen LogP contribution in [0, 0.1) is 0 Å². The van der Waals surface area contributed by atoms with Gasteiger partial charge in [-0.25, -0.2) is 0 Å². The second-order valence-corrected chi connectivity index (χ2v) is 4.20. The third-order valence-corrected chi connectivity index (χ3v) is 2.56. The number of unbranched alkanes of at least 4 members (excludes halogenated alkanes) is 1. The minimum Gasteiger partial charge on any atom is -0.378 e.